The highest BCUT2D eigenvalue weighted by Crippen LogP contribution is 2.46. The Bertz CT molecular complexity index is 1130. The Hall–Kier alpha value is -3.06. The van der Waals surface area contributed by atoms with Gasteiger partial charge in [-0.25, -0.2) is 4.39 Å². The first-order valence-electron chi connectivity index (χ1n) is 10.1. The van der Waals surface area contributed by atoms with Crippen molar-refractivity contribution in [3.8, 4) is 11.3 Å². The average Bonchev–Trinajstić information content (AvgIpc) is 3.14. The zero-order chi connectivity index (χ0) is 23.1. The van der Waals surface area contributed by atoms with Crippen molar-refractivity contribution in [2.75, 3.05) is 18.5 Å². The fourth-order valence-electron chi connectivity index (χ4n) is 3.14. The molecule has 0 fully saturated rings. The number of amides is 1. The van der Waals surface area contributed by atoms with Gasteiger partial charge in [0, 0.05) is 29.9 Å². The Morgan fingerprint density at radius 1 is 1.09 bits per heavy atom. The summed E-state index contributed by atoms with van der Waals surface area (Å²) in [7, 11) is -1.60. The van der Waals surface area contributed by atoms with Crippen LogP contribution in [0.25, 0.3) is 17.3 Å². The maximum atomic E-state index is 13.2. The molecule has 0 bridgehead atoms. The molecule has 0 spiro atoms. The molecule has 1 amide bonds. The maximum Gasteiger partial charge on any atom is 0.361 e. The van der Waals surface area contributed by atoms with Crippen LogP contribution in [0.3, 0.4) is 0 Å². The van der Waals surface area contributed by atoms with E-state index >= 15 is 0 Å². The van der Waals surface area contributed by atoms with Crippen LogP contribution in [0.1, 0.15) is 19.4 Å². The van der Waals surface area contributed by atoms with Crippen molar-refractivity contribution in [3.05, 3.63) is 72.2 Å². The first-order valence-corrected chi connectivity index (χ1v) is 11.7. The van der Waals surface area contributed by atoms with E-state index in [1.54, 1.807) is 74.2 Å². The molecule has 1 heterocycles. The number of carbonyl (C=O) groups is 1. The van der Waals surface area contributed by atoms with Gasteiger partial charge >= 0.3 is 7.60 Å². The van der Waals surface area contributed by atoms with Gasteiger partial charge in [0.25, 0.3) is 0 Å². The van der Waals surface area contributed by atoms with Crippen LogP contribution in [0.5, 0.6) is 0 Å². The quantitative estimate of drug-likeness (QED) is 0.370. The lowest BCUT2D eigenvalue weighted by atomic mass is 10.1. The summed E-state index contributed by atoms with van der Waals surface area (Å²) in [6.07, 6.45) is 4.67. The van der Waals surface area contributed by atoms with Crippen LogP contribution in [0.15, 0.2) is 60.8 Å². The van der Waals surface area contributed by atoms with Crippen LogP contribution in [0, 0.1) is 5.82 Å². The second kappa shape index (κ2) is 10.5. The smallest absolute Gasteiger partial charge is 0.323 e. The summed E-state index contributed by atoms with van der Waals surface area (Å²) in [5.74, 6) is -0.665. The van der Waals surface area contributed by atoms with Gasteiger partial charge in [-0.05, 0) is 68.5 Å². The van der Waals surface area contributed by atoms with Crippen molar-refractivity contribution < 1.29 is 22.8 Å². The molecule has 3 rings (SSSR count). The minimum Gasteiger partial charge on any atom is -0.323 e. The van der Waals surface area contributed by atoms with E-state index < -0.39 is 7.60 Å². The van der Waals surface area contributed by atoms with Crippen molar-refractivity contribution in [3.63, 3.8) is 0 Å². The highest BCUT2D eigenvalue weighted by Gasteiger charge is 2.26. The first-order chi connectivity index (χ1) is 15.4. The zero-order valence-corrected chi connectivity index (χ0v) is 19.0. The number of hydrogen-bond acceptors (Lipinski definition) is 5. The van der Waals surface area contributed by atoms with Gasteiger partial charge in [-0.15, -0.1) is 0 Å². The molecule has 0 aliphatic carbocycles. The summed E-state index contributed by atoms with van der Waals surface area (Å²) in [5.41, 5.74) is 2.81. The molecule has 7 nitrogen and oxygen atoms in total. The van der Waals surface area contributed by atoms with E-state index in [-0.39, 0.29) is 24.9 Å². The van der Waals surface area contributed by atoms with Crippen LogP contribution < -0.4 is 10.6 Å². The number of nitrogens with zero attached hydrogens (tertiary/aromatic N) is 2. The zero-order valence-electron chi connectivity index (χ0n) is 18.1. The number of halogens is 1. The van der Waals surface area contributed by atoms with Gasteiger partial charge in [0.2, 0.25) is 5.91 Å². The summed E-state index contributed by atoms with van der Waals surface area (Å²) in [4.78, 5) is 12.4. The number of benzene rings is 2. The minimum absolute atomic E-state index is 0.259. The number of aryl methyl sites for hydroxylation is 1. The summed E-state index contributed by atoms with van der Waals surface area (Å²) in [5, 5.41) is 7.41. The number of hydrogen-bond donors (Lipinski definition) is 1. The standard InChI is InChI=1S/C23H25FN3O4P/c1-4-30-32(29,31-5-2)21-13-11-20(12-14-21)26-22(28)15-8-18-16-25-27(3)23(18)17-6-9-19(24)10-7-17/h6-16H,4-5H2,1-3H3,(H,26,28). The Kier molecular flexibility index (Phi) is 7.75. The van der Waals surface area contributed by atoms with E-state index in [0.717, 1.165) is 16.8 Å². The number of rotatable bonds is 9. The van der Waals surface area contributed by atoms with E-state index in [1.165, 1.54) is 18.2 Å². The lowest BCUT2D eigenvalue weighted by molar-refractivity contribution is -0.111. The fraction of sp³-hybridized carbons (Fsp3) is 0.217. The third-order valence-electron chi connectivity index (χ3n) is 4.55. The van der Waals surface area contributed by atoms with Gasteiger partial charge in [-0.1, -0.05) is 0 Å². The summed E-state index contributed by atoms with van der Waals surface area (Å²) >= 11 is 0. The maximum absolute atomic E-state index is 13.2. The van der Waals surface area contributed by atoms with Crippen molar-refractivity contribution in [2.45, 2.75) is 13.8 Å². The summed E-state index contributed by atoms with van der Waals surface area (Å²) in [6.45, 7) is 4.01. The monoisotopic (exact) mass is 457 g/mol. The highest BCUT2D eigenvalue weighted by molar-refractivity contribution is 7.62. The molecule has 2 aromatic carbocycles. The number of anilines is 1. The molecule has 0 aliphatic heterocycles. The van der Waals surface area contributed by atoms with Gasteiger partial charge in [-0.3, -0.25) is 14.0 Å². The highest BCUT2D eigenvalue weighted by atomic mass is 31.2. The molecule has 0 saturated heterocycles. The van der Waals surface area contributed by atoms with Crippen molar-refractivity contribution in [1.29, 1.82) is 0 Å². The molecule has 3 aromatic rings. The SMILES string of the molecule is CCOP(=O)(OCC)c1ccc(NC(=O)C=Cc2cnn(C)c2-c2ccc(F)cc2)cc1. The van der Waals surface area contributed by atoms with Gasteiger partial charge < -0.3 is 14.4 Å². The van der Waals surface area contributed by atoms with Crippen LogP contribution in [0.2, 0.25) is 0 Å². The van der Waals surface area contributed by atoms with Crippen molar-refractivity contribution >= 4 is 30.6 Å². The third-order valence-corrected chi connectivity index (χ3v) is 6.68. The van der Waals surface area contributed by atoms with E-state index in [4.69, 9.17) is 9.05 Å². The predicted molar refractivity (Wildman–Crippen MR) is 123 cm³/mol. The predicted octanol–water partition coefficient (Wildman–Crippen LogP) is 4.77. The molecular weight excluding hydrogens is 432 g/mol. The molecule has 1 aromatic heterocycles. The van der Waals surface area contributed by atoms with Crippen molar-refractivity contribution in [1.82, 2.24) is 9.78 Å². The summed E-state index contributed by atoms with van der Waals surface area (Å²) < 4.78 is 38.4. The molecule has 1 N–H and O–H groups in total. The normalized spacial score (nSPS) is 11.8. The van der Waals surface area contributed by atoms with Crippen LogP contribution in [-0.2, 0) is 25.5 Å². The summed E-state index contributed by atoms with van der Waals surface area (Å²) in [6, 6.07) is 12.6. The molecule has 0 atom stereocenters. The van der Waals surface area contributed by atoms with Crippen LogP contribution >= 0.6 is 7.60 Å². The van der Waals surface area contributed by atoms with Gasteiger partial charge in [-0.2, -0.15) is 5.10 Å². The Morgan fingerprint density at radius 2 is 1.72 bits per heavy atom. The van der Waals surface area contributed by atoms with Crippen LogP contribution in [-0.4, -0.2) is 28.9 Å². The topological polar surface area (TPSA) is 82.4 Å². The van der Waals surface area contributed by atoms with E-state index in [9.17, 15) is 13.8 Å². The first kappa shape index (κ1) is 23.6. The van der Waals surface area contributed by atoms with Crippen LogP contribution in [0.4, 0.5) is 10.1 Å². The Morgan fingerprint density at radius 3 is 2.31 bits per heavy atom. The molecule has 9 heteroatoms. The Labute approximate surface area is 186 Å². The molecule has 168 valence electrons. The van der Waals surface area contributed by atoms with Crippen molar-refractivity contribution in [2.24, 2.45) is 7.05 Å². The number of aromatic nitrogens is 2. The Balaban J connectivity index is 1.72. The second-order valence-corrected chi connectivity index (χ2v) is 8.81. The lowest BCUT2D eigenvalue weighted by Gasteiger charge is -2.17. The van der Waals surface area contributed by atoms with Gasteiger partial charge in [0.05, 0.1) is 30.4 Å². The molecule has 0 saturated carbocycles. The number of nitrogens with one attached hydrogen (secondary N) is 1. The second-order valence-electron chi connectivity index (χ2n) is 6.78. The van der Waals surface area contributed by atoms with Gasteiger partial charge in [0.1, 0.15) is 5.82 Å². The van der Waals surface area contributed by atoms with E-state index in [1.807, 2.05) is 0 Å². The number of carbonyl (C=O) groups excluding carboxylic acids is 1. The largest absolute Gasteiger partial charge is 0.361 e. The minimum atomic E-state index is -3.37. The molecule has 0 radical (unpaired) electrons. The molecular formula is C23H25FN3O4P. The molecule has 32 heavy (non-hydrogen) atoms. The molecule has 0 aliphatic rings. The molecule has 0 unspecified atom stereocenters. The average molecular weight is 457 g/mol. The lowest BCUT2D eigenvalue weighted by Crippen LogP contribution is -2.12. The van der Waals surface area contributed by atoms with E-state index in [2.05, 4.69) is 10.4 Å². The fourth-order valence-corrected chi connectivity index (χ4v) is 4.71. The van der Waals surface area contributed by atoms with E-state index in [0.29, 0.717) is 11.0 Å². The third kappa shape index (κ3) is 5.59. The van der Waals surface area contributed by atoms with Gasteiger partial charge in [0.15, 0.2) is 0 Å².